The summed E-state index contributed by atoms with van der Waals surface area (Å²) in [4.78, 5) is 3.40. The molecule has 0 aliphatic rings. The van der Waals surface area contributed by atoms with E-state index in [1.807, 2.05) is 0 Å². The number of aromatic nitrogens is 1. The van der Waals surface area contributed by atoms with Crippen molar-refractivity contribution in [2.75, 3.05) is 0 Å². The Bertz CT molecular complexity index is 397. The molecule has 0 unspecified atom stereocenters. The Kier molecular flexibility index (Phi) is 4.32. The van der Waals surface area contributed by atoms with Crippen LogP contribution in [-0.2, 0) is 0 Å². The van der Waals surface area contributed by atoms with E-state index >= 15 is 0 Å². The van der Waals surface area contributed by atoms with E-state index in [2.05, 4.69) is 25.7 Å². The van der Waals surface area contributed by atoms with Crippen molar-refractivity contribution >= 4 is 38.5 Å². The number of halogens is 7. The van der Waals surface area contributed by atoms with Crippen LogP contribution in [0, 0.1) is 3.70 Å². The third kappa shape index (κ3) is 3.40. The van der Waals surface area contributed by atoms with E-state index in [4.69, 9.17) is 0 Å². The number of pyridine rings is 1. The molecular formula is C7H2BrF5INO. The first-order chi connectivity index (χ1) is 7.22. The summed E-state index contributed by atoms with van der Waals surface area (Å²) in [6.45, 7) is 0. The van der Waals surface area contributed by atoms with Crippen molar-refractivity contribution < 1.29 is 26.7 Å². The van der Waals surface area contributed by atoms with Gasteiger partial charge in [-0.25, -0.2) is 13.8 Å². The number of hydrogen-bond acceptors (Lipinski definition) is 2. The van der Waals surface area contributed by atoms with Crippen LogP contribution in [0.15, 0.2) is 10.7 Å². The molecule has 0 radical (unpaired) electrons. The Balaban J connectivity index is 3.21. The molecule has 1 aromatic rings. The molecule has 0 atom stereocenters. The monoisotopic (exact) mass is 417 g/mol. The van der Waals surface area contributed by atoms with Crippen molar-refractivity contribution in [3.63, 3.8) is 0 Å². The van der Waals surface area contributed by atoms with Gasteiger partial charge in [0.15, 0.2) is 5.75 Å². The first kappa shape index (κ1) is 13.9. The summed E-state index contributed by atoms with van der Waals surface area (Å²) in [5.74, 6) is -0.758. The van der Waals surface area contributed by atoms with Crippen LogP contribution >= 0.6 is 38.5 Å². The summed E-state index contributed by atoms with van der Waals surface area (Å²) in [6.07, 6.45) is -7.10. The molecule has 0 aliphatic heterocycles. The quantitative estimate of drug-likeness (QED) is 0.407. The summed E-state index contributed by atoms with van der Waals surface area (Å²) in [7, 11) is 0. The first-order valence-electron chi connectivity index (χ1n) is 3.60. The van der Waals surface area contributed by atoms with Gasteiger partial charge in [-0.05, 0) is 38.5 Å². The van der Waals surface area contributed by atoms with Gasteiger partial charge >= 0.3 is 6.36 Å². The van der Waals surface area contributed by atoms with Crippen molar-refractivity contribution in [3.05, 3.63) is 19.9 Å². The number of nitrogens with zero attached hydrogens (tertiary/aromatic N) is 1. The normalized spacial score (nSPS) is 12.0. The Labute approximate surface area is 108 Å². The Morgan fingerprint density at radius 3 is 2.38 bits per heavy atom. The lowest BCUT2D eigenvalue weighted by atomic mass is 10.3. The van der Waals surface area contributed by atoms with Crippen LogP contribution in [0.5, 0.6) is 5.75 Å². The second kappa shape index (κ2) is 4.98. The molecule has 0 bridgehead atoms. The molecule has 1 heterocycles. The average Bonchev–Trinajstić information content (AvgIpc) is 2.10. The summed E-state index contributed by atoms with van der Waals surface area (Å²) >= 11 is 4.09. The molecule has 1 aromatic heterocycles. The second-order valence-electron chi connectivity index (χ2n) is 2.50. The maximum atomic E-state index is 12.4. The van der Waals surface area contributed by atoms with Crippen molar-refractivity contribution in [2.24, 2.45) is 0 Å². The topological polar surface area (TPSA) is 22.1 Å². The summed E-state index contributed by atoms with van der Waals surface area (Å²) in [5.41, 5.74) is -0.653. The Morgan fingerprint density at radius 1 is 1.38 bits per heavy atom. The van der Waals surface area contributed by atoms with Crippen LogP contribution < -0.4 is 4.74 Å². The van der Waals surface area contributed by atoms with Gasteiger partial charge < -0.3 is 4.74 Å². The van der Waals surface area contributed by atoms with Gasteiger partial charge in [0.2, 0.25) is 0 Å². The molecule has 0 N–H and O–H groups in total. The smallest absolute Gasteiger partial charge is 0.402 e. The largest absolute Gasteiger partial charge is 0.573 e. The minimum Gasteiger partial charge on any atom is -0.402 e. The fraction of sp³-hybridized carbons (Fsp3) is 0.286. The Morgan fingerprint density at radius 2 is 1.94 bits per heavy atom. The first-order valence-corrected chi connectivity index (χ1v) is 5.47. The van der Waals surface area contributed by atoms with Gasteiger partial charge in [0, 0.05) is 6.20 Å². The molecule has 0 amide bonds. The highest BCUT2D eigenvalue weighted by atomic mass is 127. The number of alkyl halides is 5. The van der Waals surface area contributed by atoms with Gasteiger partial charge in [-0.3, -0.25) is 0 Å². The van der Waals surface area contributed by atoms with E-state index in [1.165, 1.54) is 22.6 Å². The molecular weight excluding hydrogens is 416 g/mol. The summed E-state index contributed by atoms with van der Waals surface area (Å²) < 4.78 is 63.6. The van der Waals surface area contributed by atoms with Crippen LogP contribution in [0.4, 0.5) is 22.0 Å². The second-order valence-corrected chi connectivity index (χ2v) is 4.31. The molecule has 0 aliphatic carbocycles. The van der Waals surface area contributed by atoms with Crippen LogP contribution in [0.3, 0.4) is 0 Å². The van der Waals surface area contributed by atoms with E-state index in [0.717, 1.165) is 6.20 Å². The predicted octanol–water partition coefficient (Wildman–Crippen LogP) is 4.28. The highest BCUT2D eigenvalue weighted by Gasteiger charge is 2.34. The fourth-order valence-electron chi connectivity index (χ4n) is 0.818. The zero-order valence-electron chi connectivity index (χ0n) is 7.16. The van der Waals surface area contributed by atoms with E-state index in [0.29, 0.717) is 0 Å². The zero-order valence-corrected chi connectivity index (χ0v) is 10.9. The lowest BCUT2D eigenvalue weighted by molar-refractivity contribution is -0.275. The molecule has 0 aromatic carbocycles. The summed E-state index contributed by atoms with van der Waals surface area (Å²) in [5, 5.41) is 0. The van der Waals surface area contributed by atoms with E-state index in [1.54, 1.807) is 0 Å². The minimum atomic E-state index is -4.95. The number of rotatable bonds is 2. The van der Waals surface area contributed by atoms with Gasteiger partial charge in [0.05, 0.1) is 10.0 Å². The van der Waals surface area contributed by atoms with Crippen molar-refractivity contribution in [1.82, 2.24) is 4.98 Å². The lowest BCUT2D eigenvalue weighted by Gasteiger charge is -2.13. The maximum absolute atomic E-state index is 12.4. The van der Waals surface area contributed by atoms with Crippen molar-refractivity contribution in [2.45, 2.75) is 12.8 Å². The highest BCUT2D eigenvalue weighted by Crippen LogP contribution is 2.39. The molecule has 9 heteroatoms. The van der Waals surface area contributed by atoms with Gasteiger partial charge in [0.25, 0.3) is 6.43 Å². The predicted molar refractivity (Wildman–Crippen MR) is 56.3 cm³/mol. The average molecular weight is 418 g/mol. The van der Waals surface area contributed by atoms with Crippen LogP contribution in [0.1, 0.15) is 12.0 Å². The van der Waals surface area contributed by atoms with Crippen LogP contribution in [-0.4, -0.2) is 11.3 Å². The highest BCUT2D eigenvalue weighted by molar-refractivity contribution is 14.1. The van der Waals surface area contributed by atoms with Crippen LogP contribution in [0.2, 0.25) is 0 Å². The van der Waals surface area contributed by atoms with Crippen LogP contribution in [0.25, 0.3) is 0 Å². The standard InChI is InChI=1S/C7H2BrF5INO/c8-3-2(5(9)10)1-15-6(14)4(3)16-7(11,12)13/h1,5H. The van der Waals surface area contributed by atoms with Gasteiger partial charge in [-0.15, -0.1) is 13.2 Å². The molecule has 2 nitrogen and oxygen atoms in total. The molecule has 0 fully saturated rings. The molecule has 16 heavy (non-hydrogen) atoms. The Hall–Kier alpha value is -0.190. The van der Waals surface area contributed by atoms with E-state index in [-0.39, 0.29) is 3.70 Å². The molecule has 0 saturated carbocycles. The van der Waals surface area contributed by atoms with Gasteiger partial charge in [0.1, 0.15) is 3.70 Å². The lowest BCUT2D eigenvalue weighted by Crippen LogP contribution is -2.19. The van der Waals surface area contributed by atoms with Crippen molar-refractivity contribution in [1.29, 1.82) is 0 Å². The fourth-order valence-corrected chi connectivity index (χ4v) is 2.25. The molecule has 0 saturated heterocycles. The van der Waals surface area contributed by atoms with Gasteiger partial charge in [-0.1, -0.05) is 0 Å². The third-order valence-corrected chi connectivity index (χ3v) is 3.00. The number of hydrogen-bond donors (Lipinski definition) is 0. The SMILES string of the molecule is FC(F)c1cnc(I)c(OC(F)(F)F)c1Br. The molecule has 0 spiro atoms. The maximum Gasteiger partial charge on any atom is 0.573 e. The number of ether oxygens (including phenoxy) is 1. The third-order valence-electron chi connectivity index (χ3n) is 1.41. The van der Waals surface area contributed by atoms with E-state index in [9.17, 15) is 22.0 Å². The van der Waals surface area contributed by atoms with Crippen molar-refractivity contribution in [3.8, 4) is 5.75 Å². The molecule has 1 rings (SSSR count). The molecule has 90 valence electrons. The minimum absolute atomic E-state index is 0.161. The van der Waals surface area contributed by atoms with E-state index < -0.39 is 28.6 Å². The summed E-state index contributed by atoms with van der Waals surface area (Å²) in [6, 6.07) is 0. The van der Waals surface area contributed by atoms with Gasteiger partial charge in [-0.2, -0.15) is 0 Å². The zero-order chi connectivity index (χ0) is 12.5.